The Labute approximate surface area is 159 Å². The van der Waals surface area contributed by atoms with E-state index in [1.54, 1.807) is 29.0 Å². The van der Waals surface area contributed by atoms with Gasteiger partial charge in [0.25, 0.3) is 0 Å². The minimum absolute atomic E-state index is 0.209. The average molecular weight is 406 g/mol. The van der Waals surface area contributed by atoms with Crippen LogP contribution in [-0.4, -0.2) is 19.5 Å². The first kappa shape index (κ1) is 19.0. The van der Waals surface area contributed by atoms with Crippen molar-refractivity contribution in [3.05, 3.63) is 70.2 Å². The second-order valence-corrected chi connectivity index (χ2v) is 8.05. The summed E-state index contributed by atoms with van der Waals surface area (Å²) in [6, 6.07) is 9.89. The highest BCUT2D eigenvalue weighted by Gasteiger charge is 2.22. The molecule has 0 amide bonds. The monoisotopic (exact) mass is 406 g/mol. The predicted octanol–water partition coefficient (Wildman–Crippen LogP) is 3.51. The average Bonchev–Trinajstić information content (AvgIpc) is 3.13. The Hall–Kier alpha value is -2.75. The molecule has 0 fully saturated rings. The molecule has 9 heteroatoms. The zero-order valence-corrected chi connectivity index (χ0v) is 15.5. The van der Waals surface area contributed by atoms with Crippen LogP contribution in [0.2, 0.25) is 0 Å². The standard InChI is InChI=1S/C18H15FN2O4S2/c19-14-3-1-11(2-4-14)9-21-15-7-13(18(22)23)8-16(27(20,24)25)17(15)12-5-6-26-10-12/h1-8,10,21H,9H2,(H,22,23)(H2,20,24,25). The normalized spacial score (nSPS) is 11.3. The van der Waals surface area contributed by atoms with Gasteiger partial charge in [0.1, 0.15) is 5.82 Å². The Morgan fingerprint density at radius 2 is 1.89 bits per heavy atom. The fraction of sp³-hybridized carbons (Fsp3) is 0.0556. The largest absolute Gasteiger partial charge is 0.478 e. The van der Waals surface area contributed by atoms with Crippen molar-refractivity contribution in [1.29, 1.82) is 0 Å². The summed E-state index contributed by atoms with van der Waals surface area (Å²) in [6.07, 6.45) is 0. The molecular formula is C18H15FN2O4S2. The summed E-state index contributed by atoms with van der Waals surface area (Å²) in [5.74, 6) is -1.65. The van der Waals surface area contributed by atoms with Gasteiger partial charge in [-0.3, -0.25) is 0 Å². The number of carboxylic acid groups (broad SMARTS) is 1. The lowest BCUT2D eigenvalue weighted by Gasteiger charge is -2.16. The summed E-state index contributed by atoms with van der Waals surface area (Å²) in [7, 11) is -4.17. The molecule has 1 heterocycles. The zero-order valence-electron chi connectivity index (χ0n) is 13.8. The van der Waals surface area contributed by atoms with Crippen LogP contribution in [0, 0.1) is 5.82 Å². The van der Waals surface area contributed by atoms with E-state index in [4.69, 9.17) is 5.14 Å². The van der Waals surface area contributed by atoms with E-state index in [0.717, 1.165) is 11.6 Å². The van der Waals surface area contributed by atoms with Crippen LogP contribution in [0.3, 0.4) is 0 Å². The third-order valence-electron chi connectivity index (χ3n) is 3.86. The molecule has 27 heavy (non-hydrogen) atoms. The summed E-state index contributed by atoms with van der Waals surface area (Å²) < 4.78 is 37.3. The van der Waals surface area contributed by atoms with Gasteiger partial charge in [-0.05, 0) is 52.2 Å². The molecule has 0 aliphatic heterocycles. The third kappa shape index (κ3) is 4.33. The number of carboxylic acids is 1. The number of aromatic carboxylic acids is 1. The summed E-state index contributed by atoms with van der Waals surface area (Å²) in [4.78, 5) is 11.2. The predicted molar refractivity (Wildman–Crippen MR) is 102 cm³/mol. The van der Waals surface area contributed by atoms with Crippen molar-refractivity contribution in [2.45, 2.75) is 11.4 Å². The second-order valence-electron chi connectivity index (χ2n) is 5.74. The molecule has 0 atom stereocenters. The number of nitrogens with two attached hydrogens (primary N) is 1. The van der Waals surface area contributed by atoms with Gasteiger partial charge in [-0.1, -0.05) is 12.1 Å². The topological polar surface area (TPSA) is 109 Å². The molecular weight excluding hydrogens is 391 g/mol. The first-order valence-corrected chi connectivity index (χ1v) is 10.2. The van der Waals surface area contributed by atoms with Gasteiger partial charge in [0.2, 0.25) is 10.0 Å². The van der Waals surface area contributed by atoms with Gasteiger partial charge in [-0.2, -0.15) is 11.3 Å². The van der Waals surface area contributed by atoms with Crippen LogP contribution in [0.15, 0.2) is 58.1 Å². The van der Waals surface area contributed by atoms with Crippen molar-refractivity contribution in [1.82, 2.24) is 0 Å². The molecule has 2 aromatic carbocycles. The number of hydrogen-bond acceptors (Lipinski definition) is 5. The SMILES string of the molecule is NS(=O)(=O)c1cc(C(=O)O)cc(NCc2ccc(F)cc2)c1-c1ccsc1. The Kier molecular flexibility index (Phi) is 5.26. The number of thiophene rings is 1. The van der Waals surface area contributed by atoms with E-state index in [0.29, 0.717) is 16.8 Å². The smallest absolute Gasteiger partial charge is 0.335 e. The Morgan fingerprint density at radius 3 is 2.44 bits per heavy atom. The third-order valence-corrected chi connectivity index (χ3v) is 5.48. The first-order chi connectivity index (χ1) is 12.8. The molecule has 1 aromatic heterocycles. The van der Waals surface area contributed by atoms with E-state index >= 15 is 0 Å². The van der Waals surface area contributed by atoms with Crippen molar-refractivity contribution >= 4 is 33.0 Å². The van der Waals surface area contributed by atoms with Gasteiger partial charge in [-0.25, -0.2) is 22.7 Å². The van der Waals surface area contributed by atoms with Crippen LogP contribution < -0.4 is 10.5 Å². The molecule has 0 aliphatic carbocycles. The van der Waals surface area contributed by atoms with E-state index in [9.17, 15) is 22.7 Å². The number of nitrogens with one attached hydrogen (secondary N) is 1. The minimum Gasteiger partial charge on any atom is -0.478 e. The van der Waals surface area contributed by atoms with Crippen LogP contribution in [0.5, 0.6) is 0 Å². The molecule has 0 saturated heterocycles. The quantitative estimate of drug-likeness (QED) is 0.580. The molecule has 0 aliphatic rings. The van der Waals surface area contributed by atoms with Crippen molar-refractivity contribution in [3.63, 3.8) is 0 Å². The first-order valence-electron chi connectivity index (χ1n) is 7.71. The van der Waals surface area contributed by atoms with Gasteiger partial charge in [0.05, 0.1) is 10.5 Å². The Bertz CT molecular complexity index is 1080. The van der Waals surface area contributed by atoms with Crippen molar-refractivity contribution < 1.29 is 22.7 Å². The van der Waals surface area contributed by atoms with Crippen LogP contribution in [0.4, 0.5) is 10.1 Å². The molecule has 0 saturated carbocycles. The molecule has 3 aromatic rings. The van der Waals surface area contributed by atoms with Gasteiger partial charge >= 0.3 is 5.97 Å². The Morgan fingerprint density at radius 1 is 1.19 bits per heavy atom. The number of hydrogen-bond donors (Lipinski definition) is 3. The lowest BCUT2D eigenvalue weighted by molar-refractivity contribution is 0.0696. The van der Waals surface area contributed by atoms with Crippen molar-refractivity contribution in [3.8, 4) is 11.1 Å². The number of halogens is 1. The molecule has 0 bridgehead atoms. The van der Waals surface area contributed by atoms with Crippen molar-refractivity contribution in [2.24, 2.45) is 5.14 Å². The highest BCUT2D eigenvalue weighted by molar-refractivity contribution is 7.89. The molecule has 0 unspecified atom stereocenters. The van der Waals surface area contributed by atoms with Crippen molar-refractivity contribution in [2.75, 3.05) is 5.32 Å². The maximum absolute atomic E-state index is 13.1. The summed E-state index contributed by atoms with van der Waals surface area (Å²) in [5, 5.41) is 21.2. The molecule has 0 spiro atoms. The summed E-state index contributed by atoms with van der Waals surface area (Å²) in [6.45, 7) is 0.241. The highest BCUT2D eigenvalue weighted by atomic mass is 32.2. The second kappa shape index (κ2) is 7.47. The number of anilines is 1. The highest BCUT2D eigenvalue weighted by Crippen LogP contribution is 2.37. The molecule has 3 rings (SSSR count). The summed E-state index contributed by atoms with van der Waals surface area (Å²) in [5.41, 5.74) is 1.74. The van der Waals surface area contributed by atoms with Gasteiger partial charge < -0.3 is 10.4 Å². The summed E-state index contributed by atoms with van der Waals surface area (Å²) >= 11 is 1.37. The fourth-order valence-corrected chi connectivity index (χ4v) is 4.06. The number of primary sulfonamides is 1. The molecule has 0 radical (unpaired) electrons. The van der Waals surface area contributed by atoms with E-state index in [2.05, 4.69) is 5.32 Å². The van der Waals surface area contributed by atoms with Gasteiger partial charge in [0.15, 0.2) is 0 Å². The van der Waals surface area contributed by atoms with E-state index < -0.39 is 16.0 Å². The molecule has 4 N–H and O–H groups in total. The number of carbonyl (C=O) groups is 1. The molecule has 6 nitrogen and oxygen atoms in total. The lowest BCUT2D eigenvalue weighted by Crippen LogP contribution is -2.16. The minimum atomic E-state index is -4.17. The molecule has 140 valence electrons. The van der Waals surface area contributed by atoms with Crippen LogP contribution >= 0.6 is 11.3 Å². The van der Waals surface area contributed by atoms with E-state index in [1.807, 2.05) is 0 Å². The van der Waals surface area contributed by atoms with Crippen LogP contribution in [-0.2, 0) is 16.6 Å². The maximum atomic E-state index is 13.1. The number of sulfonamides is 1. The van der Waals surface area contributed by atoms with Gasteiger partial charge in [0, 0.05) is 17.8 Å². The van der Waals surface area contributed by atoms with Gasteiger partial charge in [-0.15, -0.1) is 0 Å². The van der Waals surface area contributed by atoms with Crippen LogP contribution in [0.25, 0.3) is 11.1 Å². The fourth-order valence-electron chi connectivity index (χ4n) is 2.61. The maximum Gasteiger partial charge on any atom is 0.335 e. The van der Waals surface area contributed by atoms with Crippen LogP contribution in [0.1, 0.15) is 15.9 Å². The lowest BCUT2D eigenvalue weighted by atomic mass is 10.0. The number of benzene rings is 2. The van der Waals surface area contributed by atoms with E-state index in [-0.39, 0.29) is 22.8 Å². The van der Waals surface area contributed by atoms with E-state index in [1.165, 1.54) is 29.5 Å². The Balaban J connectivity index is 2.13. The zero-order chi connectivity index (χ0) is 19.6. The number of rotatable bonds is 6.